The molecule has 0 saturated heterocycles. The molecule has 1 heterocycles. The van der Waals surface area contributed by atoms with Crippen LogP contribution in [0.25, 0.3) is 0 Å². The number of carbonyl (C=O) groups is 2. The van der Waals surface area contributed by atoms with Gasteiger partial charge in [0.1, 0.15) is 19.0 Å². The molecule has 0 fully saturated rings. The molecule has 7 nitrogen and oxygen atoms in total. The third-order valence-corrected chi connectivity index (χ3v) is 4.21. The number of hydrogen-bond donors (Lipinski definition) is 1. The molecule has 29 heavy (non-hydrogen) atoms. The van der Waals surface area contributed by atoms with Crippen molar-refractivity contribution in [1.82, 2.24) is 0 Å². The fourth-order valence-corrected chi connectivity index (χ4v) is 2.63. The van der Waals surface area contributed by atoms with Crippen LogP contribution in [-0.2, 0) is 9.53 Å². The number of benzene rings is 2. The third kappa shape index (κ3) is 6.14. The van der Waals surface area contributed by atoms with Crippen LogP contribution in [0.1, 0.15) is 30.6 Å². The van der Waals surface area contributed by atoms with Crippen molar-refractivity contribution in [3.05, 3.63) is 48.0 Å². The van der Waals surface area contributed by atoms with E-state index in [-0.39, 0.29) is 6.61 Å². The fraction of sp³-hybridized carbons (Fsp3) is 0.364. The molecule has 7 heteroatoms. The number of hydrogen-bond acceptors (Lipinski definition) is 6. The molecule has 1 amide bonds. The van der Waals surface area contributed by atoms with Gasteiger partial charge in [-0.1, -0.05) is 13.8 Å². The molecule has 1 aliphatic rings. The van der Waals surface area contributed by atoms with Gasteiger partial charge in [0, 0.05) is 11.8 Å². The zero-order valence-corrected chi connectivity index (χ0v) is 16.6. The number of rotatable bonds is 8. The fourth-order valence-electron chi connectivity index (χ4n) is 2.63. The smallest absolute Gasteiger partial charge is 0.338 e. The van der Waals surface area contributed by atoms with Gasteiger partial charge >= 0.3 is 5.97 Å². The molecule has 0 aromatic heterocycles. The van der Waals surface area contributed by atoms with E-state index in [1.807, 2.05) is 0 Å². The van der Waals surface area contributed by atoms with Crippen molar-refractivity contribution in [2.75, 3.05) is 31.7 Å². The van der Waals surface area contributed by atoms with E-state index < -0.39 is 11.9 Å². The Morgan fingerprint density at radius 1 is 1.03 bits per heavy atom. The zero-order valence-electron chi connectivity index (χ0n) is 16.6. The maximum Gasteiger partial charge on any atom is 0.338 e. The van der Waals surface area contributed by atoms with Crippen LogP contribution in [-0.4, -0.2) is 38.3 Å². The molecule has 3 rings (SSSR count). The minimum absolute atomic E-state index is 0.355. The van der Waals surface area contributed by atoms with Crippen molar-refractivity contribution in [1.29, 1.82) is 0 Å². The Balaban J connectivity index is 1.45. The van der Waals surface area contributed by atoms with Gasteiger partial charge in [-0.05, 0) is 48.7 Å². The molecule has 0 bridgehead atoms. The molecular formula is C22H25NO6. The number of esters is 1. The number of anilines is 1. The van der Waals surface area contributed by atoms with Crippen molar-refractivity contribution in [3.63, 3.8) is 0 Å². The lowest BCUT2D eigenvalue weighted by molar-refractivity contribution is -0.119. The largest absolute Gasteiger partial charge is 0.494 e. The quantitative estimate of drug-likeness (QED) is 0.682. The summed E-state index contributed by atoms with van der Waals surface area (Å²) in [5.41, 5.74) is 0.895. The van der Waals surface area contributed by atoms with Crippen molar-refractivity contribution in [2.45, 2.75) is 20.3 Å². The van der Waals surface area contributed by atoms with E-state index in [4.69, 9.17) is 18.9 Å². The van der Waals surface area contributed by atoms with Crippen LogP contribution in [0.5, 0.6) is 17.2 Å². The van der Waals surface area contributed by atoms with Gasteiger partial charge in [0.05, 0.1) is 12.2 Å². The second-order valence-electron chi connectivity index (χ2n) is 7.04. The van der Waals surface area contributed by atoms with E-state index in [9.17, 15) is 9.59 Å². The van der Waals surface area contributed by atoms with E-state index in [1.165, 1.54) is 0 Å². The summed E-state index contributed by atoms with van der Waals surface area (Å²) in [5.74, 6) is 1.45. The zero-order chi connectivity index (χ0) is 20.6. The number of ether oxygens (including phenoxy) is 4. The van der Waals surface area contributed by atoms with Crippen LogP contribution in [0.4, 0.5) is 5.69 Å². The number of carbonyl (C=O) groups excluding carboxylic acids is 2. The second-order valence-corrected chi connectivity index (χ2v) is 7.04. The van der Waals surface area contributed by atoms with Crippen LogP contribution in [0.3, 0.4) is 0 Å². The monoisotopic (exact) mass is 399 g/mol. The summed E-state index contributed by atoms with van der Waals surface area (Å²) in [7, 11) is 0. The Bertz CT molecular complexity index is 847. The summed E-state index contributed by atoms with van der Waals surface area (Å²) >= 11 is 0. The topological polar surface area (TPSA) is 83.1 Å². The van der Waals surface area contributed by atoms with Crippen molar-refractivity contribution in [3.8, 4) is 17.2 Å². The Morgan fingerprint density at radius 3 is 2.48 bits per heavy atom. The highest BCUT2D eigenvalue weighted by molar-refractivity contribution is 5.95. The Kier molecular flexibility index (Phi) is 6.94. The molecule has 154 valence electrons. The molecule has 0 unspecified atom stereocenters. The molecular weight excluding hydrogens is 374 g/mol. The van der Waals surface area contributed by atoms with Gasteiger partial charge in [0.25, 0.3) is 5.91 Å². The SMILES string of the molecule is CC(C)CCOc1ccc(C(=O)OCC(=O)Nc2ccc3c(c2)OCCO3)cc1. The van der Waals surface area contributed by atoms with Gasteiger partial charge in [0.15, 0.2) is 18.1 Å². The van der Waals surface area contributed by atoms with Crippen LogP contribution in [0, 0.1) is 5.92 Å². The first-order valence-corrected chi connectivity index (χ1v) is 9.61. The van der Waals surface area contributed by atoms with Gasteiger partial charge in [0.2, 0.25) is 0 Å². The van der Waals surface area contributed by atoms with Crippen LogP contribution >= 0.6 is 0 Å². The van der Waals surface area contributed by atoms with Crippen LogP contribution < -0.4 is 19.5 Å². The first kappa shape index (κ1) is 20.5. The summed E-state index contributed by atoms with van der Waals surface area (Å²) in [6.45, 7) is 5.46. The van der Waals surface area contributed by atoms with Crippen LogP contribution in [0.15, 0.2) is 42.5 Å². The highest BCUT2D eigenvalue weighted by Gasteiger charge is 2.14. The van der Waals surface area contributed by atoms with E-state index in [0.29, 0.717) is 54.2 Å². The Labute approximate surface area is 169 Å². The molecule has 1 N–H and O–H groups in total. The van der Waals surface area contributed by atoms with E-state index >= 15 is 0 Å². The van der Waals surface area contributed by atoms with Crippen molar-refractivity contribution < 1.29 is 28.5 Å². The predicted octanol–water partition coefficient (Wildman–Crippen LogP) is 3.68. The first-order valence-electron chi connectivity index (χ1n) is 9.61. The minimum atomic E-state index is -0.573. The number of nitrogens with one attached hydrogen (secondary N) is 1. The lowest BCUT2D eigenvalue weighted by atomic mass is 10.1. The standard InChI is InChI=1S/C22H25NO6/c1-15(2)9-10-26-18-6-3-16(4-7-18)22(25)29-14-21(24)23-17-5-8-19-20(13-17)28-12-11-27-19/h3-8,13,15H,9-12,14H2,1-2H3,(H,23,24). The van der Waals surface area contributed by atoms with Gasteiger partial charge in [-0.15, -0.1) is 0 Å². The average Bonchev–Trinajstić information content (AvgIpc) is 2.72. The van der Waals surface area contributed by atoms with Crippen molar-refractivity contribution in [2.24, 2.45) is 5.92 Å². The maximum absolute atomic E-state index is 12.1. The minimum Gasteiger partial charge on any atom is -0.494 e. The summed E-state index contributed by atoms with van der Waals surface area (Å²) in [4.78, 5) is 24.2. The van der Waals surface area contributed by atoms with E-state index in [1.54, 1.807) is 42.5 Å². The molecule has 0 atom stereocenters. The van der Waals surface area contributed by atoms with Crippen LogP contribution in [0.2, 0.25) is 0 Å². The summed E-state index contributed by atoms with van der Waals surface area (Å²) in [6.07, 6.45) is 0.961. The predicted molar refractivity (Wildman–Crippen MR) is 108 cm³/mol. The number of amides is 1. The molecule has 2 aromatic carbocycles. The van der Waals surface area contributed by atoms with Gasteiger partial charge in [-0.25, -0.2) is 4.79 Å². The van der Waals surface area contributed by atoms with Gasteiger partial charge in [-0.3, -0.25) is 4.79 Å². The van der Waals surface area contributed by atoms with Gasteiger partial charge in [-0.2, -0.15) is 0 Å². The first-order chi connectivity index (χ1) is 14.0. The second kappa shape index (κ2) is 9.82. The number of fused-ring (bicyclic) bond motifs is 1. The van der Waals surface area contributed by atoms with Crippen molar-refractivity contribution >= 4 is 17.6 Å². The van der Waals surface area contributed by atoms with E-state index in [2.05, 4.69) is 19.2 Å². The molecule has 1 aliphatic heterocycles. The highest BCUT2D eigenvalue weighted by Crippen LogP contribution is 2.32. The third-order valence-electron chi connectivity index (χ3n) is 4.21. The maximum atomic E-state index is 12.1. The lowest BCUT2D eigenvalue weighted by Crippen LogP contribution is -2.21. The Hall–Kier alpha value is -3.22. The Morgan fingerprint density at radius 2 is 1.76 bits per heavy atom. The summed E-state index contributed by atoms with van der Waals surface area (Å²) < 4.78 is 21.6. The normalized spacial score (nSPS) is 12.4. The summed E-state index contributed by atoms with van der Waals surface area (Å²) in [5, 5.41) is 2.67. The summed E-state index contributed by atoms with van der Waals surface area (Å²) in [6, 6.07) is 11.8. The molecule has 0 saturated carbocycles. The molecule has 0 aliphatic carbocycles. The average molecular weight is 399 g/mol. The highest BCUT2D eigenvalue weighted by atomic mass is 16.6. The molecule has 0 radical (unpaired) electrons. The van der Waals surface area contributed by atoms with E-state index in [0.717, 1.165) is 6.42 Å². The molecule has 0 spiro atoms. The molecule has 2 aromatic rings. The van der Waals surface area contributed by atoms with Gasteiger partial charge < -0.3 is 24.3 Å². The lowest BCUT2D eigenvalue weighted by Gasteiger charge is -2.19.